The molecule has 4 aromatic rings. The zero-order valence-corrected chi connectivity index (χ0v) is 20.0. The number of ether oxygens (including phenoxy) is 1. The van der Waals surface area contributed by atoms with Gasteiger partial charge >= 0.3 is 0 Å². The van der Waals surface area contributed by atoms with Crippen LogP contribution in [0, 0.1) is 6.92 Å². The fourth-order valence-corrected chi connectivity index (χ4v) is 5.30. The predicted octanol–water partition coefficient (Wildman–Crippen LogP) is 4.03. The summed E-state index contributed by atoms with van der Waals surface area (Å²) in [6.45, 7) is 1.91. The normalized spacial score (nSPS) is 12.2. The second-order valence-corrected chi connectivity index (χ2v) is 9.30. The molecule has 0 aliphatic rings. The highest BCUT2D eigenvalue weighted by Crippen LogP contribution is 2.32. The van der Waals surface area contributed by atoms with Crippen molar-refractivity contribution < 1.29 is 18.3 Å². The SMILES string of the molecule is COc1ccccc1N(CC(O)Cn1c(C)nc2ccccc21)S(=O)(=O)c1ccccc1.Cl. The third-order valence-corrected chi connectivity index (χ3v) is 7.09. The number of hydrogen-bond acceptors (Lipinski definition) is 5. The van der Waals surface area contributed by atoms with Crippen molar-refractivity contribution in [3.05, 3.63) is 84.7 Å². The fraction of sp³-hybridized carbons (Fsp3) is 0.208. The quantitative estimate of drug-likeness (QED) is 0.405. The number of halogens is 1. The first-order valence-electron chi connectivity index (χ1n) is 10.2. The molecule has 1 aromatic heterocycles. The van der Waals surface area contributed by atoms with Crippen molar-refractivity contribution in [3.8, 4) is 5.75 Å². The van der Waals surface area contributed by atoms with Crippen LogP contribution < -0.4 is 9.04 Å². The van der Waals surface area contributed by atoms with Crippen molar-refractivity contribution in [2.45, 2.75) is 24.5 Å². The van der Waals surface area contributed by atoms with Crippen LogP contribution in [0.3, 0.4) is 0 Å². The molecule has 7 nitrogen and oxygen atoms in total. The first-order valence-corrected chi connectivity index (χ1v) is 11.7. The van der Waals surface area contributed by atoms with E-state index in [-0.39, 0.29) is 30.4 Å². The minimum atomic E-state index is -3.94. The number of para-hydroxylation sites is 4. The molecule has 0 bridgehead atoms. The van der Waals surface area contributed by atoms with Crippen LogP contribution in [0.4, 0.5) is 5.69 Å². The molecule has 0 aliphatic heterocycles. The van der Waals surface area contributed by atoms with E-state index in [1.165, 1.54) is 23.5 Å². The molecular weight excluding hydrogens is 462 g/mol. The van der Waals surface area contributed by atoms with E-state index in [1.807, 2.05) is 35.8 Å². The number of anilines is 1. The first kappa shape index (κ1) is 24.6. The Morgan fingerprint density at radius 2 is 1.64 bits per heavy atom. The summed E-state index contributed by atoms with van der Waals surface area (Å²) in [5.74, 6) is 1.16. The lowest BCUT2D eigenvalue weighted by molar-refractivity contribution is 0.163. The van der Waals surface area contributed by atoms with Gasteiger partial charge in [-0.25, -0.2) is 13.4 Å². The topological polar surface area (TPSA) is 84.7 Å². The van der Waals surface area contributed by atoms with E-state index in [4.69, 9.17) is 4.74 Å². The summed E-state index contributed by atoms with van der Waals surface area (Å²) in [6.07, 6.45) is -0.991. The molecular formula is C24H26ClN3O4S. The molecule has 174 valence electrons. The highest BCUT2D eigenvalue weighted by atomic mass is 35.5. The lowest BCUT2D eigenvalue weighted by Gasteiger charge is -2.28. The van der Waals surface area contributed by atoms with Crippen molar-refractivity contribution in [1.29, 1.82) is 0 Å². The number of aliphatic hydroxyl groups excluding tert-OH is 1. The van der Waals surface area contributed by atoms with Crippen LogP contribution in [0.2, 0.25) is 0 Å². The van der Waals surface area contributed by atoms with Crippen molar-refractivity contribution in [1.82, 2.24) is 9.55 Å². The standard InChI is InChI=1S/C24H25N3O4S.ClH/c1-18-25-21-12-6-7-13-22(21)26(18)16-19(28)17-27(23-14-8-9-15-24(23)31-2)32(29,30)20-10-4-3-5-11-20;/h3-15,19,28H,16-17H2,1-2H3;1H. The van der Waals surface area contributed by atoms with Gasteiger partial charge in [0.2, 0.25) is 0 Å². The molecule has 1 atom stereocenters. The van der Waals surface area contributed by atoms with E-state index < -0.39 is 16.1 Å². The monoisotopic (exact) mass is 487 g/mol. The molecule has 33 heavy (non-hydrogen) atoms. The van der Waals surface area contributed by atoms with Gasteiger partial charge in [-0.1, -0.05) is 42.5 Å². The fourth-order valence-electron chi connectivity index (χ4n) is 3.77. The number of aryl methyl sites for hydroxylation is 1. The number of aromatic nitrogens is 2. The molecule has 1 N–H and O–H groups in total. The maximum absolute atomic E-state index is 13.6. The lowest BCUT2D eigenvalue weighted by atomic mass is 10.2. The molecule has 0 saturated heterocycles. The number of benzene rings is 3. The Kier molecular flexibility index (Phi) is 7.63. The Bertz CT molecular complexity index is 1330. The number of imidazole rings is 1. The van der Waals surface area contributed by atoms with Gasteiger partial charge in [-0.05, 0) is 43.3 Å². The average Bonchev–Trinajstić information content (AvgIpc) is 3.13. The summed E-state index contributed by atoms with van der Waals surface area (Å²) in [5, 5.41) is 11.0. The van der Waals surface area contributed by atoms with Crippen LogP contribution in [0.1, 0.15) is 5.82 Å². The third-order valence-electron chi connectivity index (χ3n) is 5.30. The van der Waals surface area contributed by atoms with Crippen LogP contribution in [0.15, 0.2) is 83.8 Å². The van der Waals surface area contributed by atoms with E-state index in [2.05, 4.69) is 4.98 Å². The number of sulfonamides is 1. The van der Waals surface area contributed by atoms with Crippen molar-refractivity contribution in [3.63, 3.8) is 0 Å². The zero-order chi connectivity index (χ0) is 22.7. The number of hydrogen-bond donors (Lipinski definition) is 1. The minimum absolute atomic E-state index is 0. The molecule has 0 saturated carbocycles. The molecule has 0 fully saturated rings. The van der Waals surface area contributed by atoms with Crippen molar-refractivity contribution in [2.75, 3.05) is 18.0 Å². The number of aliphatic hydroxyl groups is 1. The highest BCUT2D eigenvalue weighted by Gasteiger charge is 2.29. The number of fused-ring (bicyclic) bond motifs is 1. The van der Waals surface area contributed by atoms with Crippen LogP contribution in [0.25, 0.3) is 11.0 Å². The first-order chi connectivity index (χ1) is 15.4. The Hall–Kier alpha value is -3.07. The Balaban J connectivity index is 0.00000306. The van der Waals surface area contributed by atoms with Gasteiger partial charge in [0.05, 0.1) is 47.9 Å². The summed E-state index contributed by atoms with van der Waals surface area (Å²) in [7, 11) is -2.46. The number of nitrogens with zero attached hydrogens (tertiary/aromatic N) is 3. The summed E-state index contributed by atoms with van der Waals surface area (Å²) < 4.78 is 35.6. The van der Waals surface area contributed by atoms with Gasteiger partial charge in [0, 0.05) is 0 Å². The van der Waals surface area contributed by atoms with Gasteiger partial charge < -0.3 is 14.4 Å². The summed E-state index contributed by atoms with van der Waals surface area (Å²) in [6, 6.07) is 22.7. The van der Waals surface area contributed by atoms with Gasteiger partial charge in [0.15, 0.2) is 0 Å². The van der Waals surface area contributed by atoms with E-state index >= 15 is 0 Å². The largest absolute Gasteiger partial charge is 0.495 e. The second-order valence-electron chi connectivity index (χ2n) is 7.43. The smallest absolute Gasteiger partial charge is 0.264 e. The molecule has 0 amide bonds. The molecule has 0 aliphatic carbocycles. The van der Waals surface area contributed by atoms with E-state index in [1.54, 1.807) is 42.5 Å². The number of methoxy groups -OCH3 is 1. The van der Waals surface area contributed by atoms with Crippen molar-refractivity contribution >= 4 is 39.2 Å². The third kappa shape index (κ3) is 4.98. The Morgan fingerprint density at radius 3 is 2.36 bits per heavy atom. The van der Waals surface area contributed by atoms with Crippen LogP contribution in [0.5, 0.6) is 5.75 Å². The zero-order valence-electron chi connectivity index (χ0n) is 18.3. The summed E-state index contributed by atoms with van der Waals surface area (Å²) in [5.41, 5.74) is 2.08. The lowest BCUT2D eigenvalue weighted by Crippen LogP contribution is -2.39. The van der Waals surface area contributed by atoms with Gasteiger partial charge in [-0.2, -0.15) is 0 Å². The van der Waals surface area contributed by atoms with Crippen LogP contribution in [-0.2, 0) is 16.6 Å². The molecule has 1 unspecified atom stereocenters. The average molecular weight is 488 g/mol. The molecule has 0 radical (unpaired) electrons. The van der Waals surface area contributed by atoms with Crippen molar-refractivity contribution in [2.24, 2.45) is 0 Å². The summed E-state index contributed by atoms with van der Waals surface area (Å²) in [4.78, 5) is 4.67. The van der Waals surface area contributed by atoms with Gasteiger partial charge in [-0.15, -0.1) is 12.4 Å². The Labute approximate surface area is 199 Å². The van der Waals surface area contributed by atoms with Crippen LogP contribution in [-0.4, -0.2) is 42.8 Å². The highest BCUT2D eigenvalue weighted by molar-refractivity contribution is 7.92. The van der Waals surface area contributed by atoms with Gasteiger partial charge in [0.25, 0.3) is 10.0 Å². The van der Waals surface area contributed by atoms with E-state index in [9.17, 15) is 13.5 Å². The second kappa shape index (κ2) is 10.2. The predicted molar refractivity (Wildman–Crippen MR) is 132 cm³/mol. The Morgan fingerprint density at radius 1 is 1.00 bits per heavy atom. The molecule has 3 aromatic carbocycles. The molecule has 9 heteroatoms. The molecule has 4 rings (SSSR count). The maximum Gasteiger partial charge on any atom is 0.264 e. The number of rotatable bonds is 8. The maximum atomic E-state index is 13.6. The summed E-state index contributed by atoms with van der Waals surface area (Å²) >= 11 is 0. The van der Waals surface area contributed by atoms with Gasteiger partial charge in [-0.3, -0.25) is 4.31 Å². The minimum Gasteiger partial charge on any atom is -0.495 e. The van der Waals surface area contributed by atoms with E-state index in [0.717, 1.165) is 16.9 Å². The van der Waals surface area contributed by atoms with Gasteiger partial charge in [0.1, 0.15) is 11.6 Å². The van der Waals surface area contributed by atoms with E-state index in [0.29, 0.717) is 11.4 Å². The van der Waals surface area contributed by atoms with Crippen LogP contribution >= 0.6 is 12.4 Å². The molecule has 1 heterocycles. The molecule has 0 spiro atoms.